The molecule has 4 heteroatoms. The fourth-order valence-electron chi connectivity index (χ4n) is 0.831. The fourth-order valence-corrected chi connectivity index (χ4v) is 1.35. The molecule has 0 bridgehead atoms. The molecule has 0 aliphatic rings. The molecule has 1 aromatic carbocycles. The average Bonchev–Trinajstić information content (AvgIpc) is 2.06. The van der Waals surface area contributed by atoms with Crippen LogP contribution in [0.5, 0.6) is 5.75 Å². The van der Waals surface area contributed by atoms with Crippen LogP contribution in [0.3, 0.4) is 0 Å². The van der Waals surface area contributed by atoms with E-state index in [4.69, 9.17) is 5.73 Å². The van der Waals surface area contributed by atoms with Crippen LogP contribution in [0.15, 0.2) is 24.3 Å². The second-order valence-corrected chi connectivity index (χ2v) is 3.68. The van der Waals surface area contributed by atoms with Crippen LogP contribution in [-0.2, 0) is 4.79 Å². The maximum Gasteiger partial charge on any atom is 0.241 e. The Kier molecular flexibility index (Phi) is 3.30. The zero-order chi connectivity index (χ0) is 9.84. The summed E-state index contributed by atoms with van der Waals surface area (Å²) in [5.74, 6) is -0.392. The average molecular weight is 289 g/mol. The van der Waals surface area contributed by atoms with Crippen LogP contribution in [0.4, 0.5) is 0 Å². The topological polar surface area (TPSA) is 63.3 Å². The number of phenols is 1. The highest BCUT2D eigenvalue weighted by atomic mass is 127. The third-order valence-electron chi connectivity index (χ3n) is 1.42. The van der Waals surface area contributed by atoms with Crippen molar-refractivity contribution in [3.63, 3.8) is 0 Å². The molecular weight excluding hydrogens is 281 g/mol. The summed E-state index contributed by atoms with van der Waals surface area (Å²) in [7, 11) is 0. The number of phenolic OH excluding ortho intramolecular Hbond substituents is 1. The maximum atomic E-state index is 10.4. The van der Waals surface area contributed by atoms with E-state index in [1.54, 1.807) is 18.2 Å². The Bertz CT molecular complexity index is 361. The van der Waals surface area contributed by atoms with E-state index in [-0.39, 0.29) is 5.75 Å². The summed E-state index contributed by atoms with van der Waals surface area (Å²) in [5.41, 5.74) is 5.51. The molecule has 68 valence electrons. The predicted molar refractivity (Wildman–Crippen MR) is 59.1 cm³/mol. The lowest BCUT2D eigenvalue weighted by molar-refractivity contribution is -0.113. The number of carbonyl (C=O) groups is 1. The molecule has 0 fully saturated rings. The quantitative estimate of drug-likeness (QED) is 0.640. The maximum absolute atomic E-state index is 10.4. The highest BCUT2D eigenvalue weighted by molar-refractivity contribution is 14.1. The molecule has 0 unspecified atom stereocenters. The van der Waals surface area contributed by atoms with Gasteiger partial charge in [-0.1, -0.05) is 0 Å². The number of aromatic hydroxyl groups is 1. The Hall–Kier alpha value is -1.04. The van der Waals surface area contributed by atoms with Crippen molar-refractivity contribution in [2.45, 2.75) is 0 Å². The zero-order valence-electron chi connectivity index (χ0n) is 6.70. The van der Waals surface area contributed by atoms with Gasteiger partial charge in [-0.25, -0.2) is 0 Å². The first-order chi connectivity index (χ1) is 6.09. The van der Waals surface area contributed by atoms with Gasteiger partial charge in [0.2, 0.25) is 5.91 Å². The van der Waals surface area contributed by atoms with Crippen molar-refractivity contribution in [2.24, 2.45) is 5.73 Å². The van der Waals surface area contributed by atoms with Gasteiger partial charge in [0.1, 0.15) is 5.75 Å². The van der Waals surface area contributed by atoms with Crippen LogP contribution < -0.4 is 5.73 Å². The summed E-state index contributed by atoms with van der Waals surface area (Å²) in [4.78, 5) is 10.4. The molecule has 0 heterocycles. The van der Waals surface area contributed by atoms with Crippen molar-refractivity contribution in [2.75, 3.05) is 0 Å². The molecule has 3 nitrogen and oxygen atoms in total. The number of benzene rings is 1. The third kappa shape index (κ3) is 3.06. The molecule has 0 aliphatic carbocycles. The standard InChI is InChI=1S/C9H8INO2/c10-7-2-3-8(12)6(5-7)1-4-9(11)13/h1-5,12H,(H2,11,13)/b4-1-. The summed E-state index contributed by atoms with van der Waals surface area (Å²) >= 11 is 2.12. The van der Waals surface area contributed by atoms with Gasteiger partial charge in [-0.15, -0.1) is 0 Å². The largest absolute Gasteiger partial charge is 0.507 e. The zero-order valence-corrected chi connectivity index (χ0v) is 8.86. The van der Waals surface area contributed by atoms with Crippen LogP contribution in [0.25, 0.3) is 6.08 Å². The molecule has 0 spiro atoms. The monoisotopic (exact) mass is 289 g/mol. The number of nitrogens with two attached hydrogens (primary N) is 1. The van der Waals surface area contributed by atoms with Gasteiger partial charge in [-0.3, -0.25) is 4.79 Å². The van der Waals surface area contributed by atoms with Crippen LogP contribution in [-0.4, -0.2) is 11.0 Å². The molecule has 0 atom stereocenters. The van der Waals surface area contributed by atoms with Gasteiger partial charge in [0.15, 0.2) is 0 Å². The van der Waals surface area contributed by atoms with E-state index in [9.17, 15) is 9.90 Å². The lowest BCUT2D eigenvalue weighted by Gasteiger charge is -1.98. The van der Waals surface area contributed by atoms with Crippen LogP contribution in [0.1, 0.15) is 5.56 Å². The van der Waals surface area contributed by atoms with Crippen LogP contribution in [0, 0.1) is 3.57 Å². The number of carbonyl (C=O) groups excluding carboxylic acids is 1. The first kappa shape index (κ1) is 10.0. The second kappa shape index (κ2) is 4.27. The minimum atomic E-state index is -0.529. The van der Waals surface area contributed by atoms with E-state index in [0.29, 0.717) is 5.56 Å². The molecular formula is C9H8INO2. The molecule has 1 amide bonds. The van der Waals surface area contributed by atoms with E-state index in [1.165, 1.54) is 12.2 Å². The van der Waals surface area contributed by atoms with Crippen molar-refractivity contribution in [3.05, 3.63) is 33.4 Å². The molecule has 13 heavy (non-hydrogen) atoms. The fraction of sp³-hybridized carbons (Fsp3) is 0. The molecule has 3 N–H and O–H groups in total. The van der Waals surface area contributed by atoms with Gasteiger partial charge in [0.05, 0.1) is 0 Å². The van der Waals surface area contributed by atoms with Gasteiger partial charge in [0.25, 0.3) is 0 Å². The smallest absolute Gasteiger partial charge is 0.241 e. The van der Waals surface area contributed by atoms with Crippen LogP contribution in [0.2, 0.25) is 0 Å². The van der Waals surface area contributed by atoms with Gasteiger partial charge in [-0.2, -0.15) is 0 Å². The van der Waals surface area contributed by atoms with Crippen molar-refractivity contribution in [1.82, 2.24) is 0 Å². The van der Waals surface area contributed by atoms with Crippen LogP contribution >= 0.6 is 22.6 Å². The Morgan fingerprint density at radius 3 is 2.85 bits per heavy atom. The number of rotatable bonds is 2. The lowest BCUT2D eigenvalue weighted by Crippen LogP contribution is -2.05. The second-order valence-electron chi connectivity index (χ2n) is 2.44. The van der Waals surface area contributed by atoms with E-state index < -0.39 is 5.91 Å². The molecule has 0 saturated heterocycles. The molecule has 0 saturated carbocycles. The molecule has 0 radical (unpaired) electrons. The normalized spacial score (nSPS) is 10.5. The van der Waals surface area contributed by atoms with Crippen molar-refractivity contribution >= 4 is 34.6 Å². The van der Waals surface area contributed by atoms with E-state index in [1.807, 2.05) is 0 Å². The highest BCUT2D eigenvalue weighted by Gasteiger charge is 1.97. The van der Waals surface area contributed by atoms with E-state index in [0.717, 1.165) is 3.57 Å². The molecule has 1 rings (SSSR count). The van der Waals surface area contributed by atoms with Gasteiger partial charge in [0, 0.05) is 15.2 Å². The first-order valence-electron chi connectivity index (χ1n) is 3.55. The SMILES string of the molecule is NC(=O)/C=C\c1cc(I)ccc1O. The predicted octanol–water partition coefficient (Wildman–Crippen LogP) is 1.50. The summed E-state index contributed by atoms with van der Waals surface area (Å²) in [6.45, 7) is 0. The van der Waals surface area contributed by atoms with Crippen molar-refractivity contribution in [1.29, 1.82) is 0 Å². The summed E-state index contributed by atoms with van der Waals surface area (Å²) < 4.78 is 0.986. The van der Waals surface area contributed by atoms with Gasteiger partial charge in [-0.05, 0) is 46.9 Å². The minimum absolute atomic E-state index is 0.137. The Labute approximate surface area is 89.4 Å². The first-order valence-corrected chi connectivity index (χ1v) is 4.63. The van der Waals surface area contributed by atoms with Gasteiger partial charge < -0.3 is 10.8 Å². The molecule has 0 aromatic heterocycles. The highest BCUT2D eigenvalue weighted by Crippen LogP contribution is 2.20. The number of amides is 1. The Balaban J connectivity index is 3.00. The van der Waals surface area contributed by atoms with Crippen molar-refractivity contribution in [3.8, 4) is 5.75 Å². The number of hydrogen-bond acceptors (Lipinski definition) is 2. The minimum Gasteiger partial charge on any atom is -0.507 e. The Morgan fingerprint density at radius 2 is 2.23 bits per heavy atom. The van der Waals surface area contributed by atoms with E-state index in [2.05, 4.69) is 22.6 Å². The summed E-state index contributed by atoms with van der Waals surface area (Å²) in [6, 6.07) is 5.11. The summed E-state index contributed by atoms with van der Waals surface area (Å²) in [6.07, 6.45) is 2.70. The lowest BCUT2D eigenvalue weighted by atomic mass is 10.2. The number of halogens is 1. The number of primary amides is 1. The molecule has 1 aromatic rings. The number of hydrogen-bond donors (Lipinski definition) is 2. The van der Waals surface area contributed by atoms with E-state index >= 15 is 0 Å². The molecule has 0 aliphatic heterocycles. The third-order valence-corrected chi connectivity index (χ3v) is 2.09. The Morgan fingerprint density at radius 1 is 1.54 bits per heavy atom. The van der Waals surface area contributed by atoms with Crippen molar-refractivity contribution < 1.29 is 9.90 Å². The summed E-state index contributed by atoms with van der Waals surface area (Å²) in [5, 5.41) is 9.34. The van der Waals surface area contributed by atoms with Gasteiger partial charge >= 0.3 is 0 Å².